The van der Waals surface area contributed by atoms with Crippen LogP contribution >= 0.6 is 11.3 Å². The summed E-state index contributed by atoms with van der Waals surface area (Å²) in [6.45, 7) is 0. The van der Waals surface area contributed by atoms with Crippen molar-refractivity contribution in [3.63, 3.8) is 0 Å². The van der Waals surface area contributed by atoms with Crippen LogP contribution in [-0.4, -0.2) is 19.5 Å². The van der Waals surface area contributed by atoms with Crippen molar-refractivity contribution in [2.24, 2.45) is 0 Å². The van der Waals surface area contributed by atoms with E-state index in [1.807, 2.05) is 18.2 Å². The molecular formula is C37H22N4S. The van der Waals surface area contributed by atoms with Crippen molar-refractivity contribution in [2.45, 2.75) is 0 Å². The smallest absolute Gasteiger partial charge is 0.238 e. The lowest BCUT2D eigenvalue weighted by Crippen LogP contribution is -2.06. The molecule has 3 aromatic heterocycles. The summed E-state index contributed by atoms with van der Waals surface area (Å²) in [5.74, 6) is 1.93. The summed E-state index contributed by atoms with van der Waals surface area (Å²) < 4.78 is 4.63. The highest BCUT2D eigenvalue weighted by Crippen LogP contribution is 2.40. The minimum atomic E-state index is 0.610. The van der Waals surface area contributed by atoms with Crippen LogP contribution in [0.25, 0.3) is 81.5 Å². The minimum Gasteiger partial charge on any atom is -0.278 e. The second kappa shape index (κ2) is 9.06. The standard InChI is InChI=1S/C37H22N4S/c1-2-12-24(13-3-1)35-38-36(29-18-10-17-27-26-15-7-9-20-32(26)42-34(27)29)40-37(39-35)41-30-19-8-6-16-28(30)33-25-14-5-4-11-23(25)21-22-31(33)41/h1-22H. The quantitative estimate of drug-likeness (QED) is 0.218. The first-order chi connectivity index (χ1) is 20.8. The van der Waals surface area contributed by atoms with Crippen molar-refractivity contribution in [3.05, 3.63) is 133 Å². The van der Waals surface area contributed by atoms with E-state index in [0.29, 0.717) is 17.6 Å². The minimum absolute atomic E-state index is 0.610. The van der Waals surface area contributed by atoms with Gasteiger partial charge in [-0.2, -0.15) is 9.97 Å². The number of benzene rings is 6. The fourth-order valence-electron chi connectivity index (χ4n) is 6.18. The van der Waals surface area contributed by atoms with E-state index in [2.05, 4.69) is 120 Å². The Kier molecular flexibility index (Phi) is 5.03. The van der Waals surface area contributed by atoms with Gasteiger partial charge in [-0.25, -0.2) is 4.98 Å². The summed E-state index contributed by atoms with van der Waals surface area (Å²) in [6.07, 6.45) is 0. The van der Waals surface area contributed by atoms with Gasteiger partial charge in [0.1, 0.15) is 0 Å². The lowest BCUT2D eigenvalue weighted by atomic mass is 10.0. The predicted octanol–water partition coefficient (Wildman–Crippen LogP) is 9.82. The number of hydrogen-bond acceptors (Lipinski definition) is 4. The van der Waals surface area contributed by atoms with Crippen LogP contribution in [0.3, 0.4) is 0 Å². The zero-order chi connectivity index (χ0) is 27.6. The van der Waals surface area contributed by atoms with E-state index in [1.165, 1.54) is 41.7 Å². The Hall–Kier alpha value is -5.39. The molecule has 0 amide bonds. The largest absolute Gasteiger partial charge is 0.278 e. The maximum absolute atomic E-state index is 5.22. The van der Waals surface area contributed by atoms with E-state index in [9.17, 15) is 0 Å². The molecule has 9 aromatic rings. The number of para-hydroxylation sites is 1. The normalized spacial score (nSPS) is 11.8. The number of hydrogen-bond donors (Lipinski definition) is 0. The average Bonchev–Trinajstić information content (AvgIpc) is 3.61. The highest BCUT2D eigenvalue weighted by atomic mass is 32.1. The maximum Gasteiger partial charge on any atom is 0.238 e. The monoisotopic (exact) mass is 554 g/mol. The van der Waals surface area contributed by atoms with Gasteiger partial charge in [0.25, 0.3) is 0 Å². The highest BCUT2D eigenvalue weighted by molar-refractivity contribution is 7.26. The van der Waals surface area contributed by atoms with E-state index in [-0.39, 0.29) is 0 Å². The van der Waals surface area contributed by atoms with Gasteiger partial charge in [0.2, 0.25) is 5.95 Å². The van der Waals surface area contributed by atoms with E-state index >= 15 is 0 Å². The molecule has 0 aliphatic heterocycles. The van der Waals surface area contributed by atoms with Gasteiger partial charge in [-0.15, -0.1) is 11.3 Å². The van der Waals surface area contributed by atoms with Gasteiger partial charge in [0.05, 0.1) is 11.0 Å². The SMILES string of the molecule is c1ccc(-c2nc(-c3cccc4c3sc3ccccc34)nc(-n3c4ccccc4c4c5ccccc5ccc43)n2)cc1. The molecule has 6 aromatic carbocycles. The lowest BCUT2D eigenvalue weighted by molar-refractivity contribution is 0.954. The van der Waals surface area contributed by atoms with Crippen LogP contribution in [0.15, 0.2) is 133 Å². The molecule has 0 saturated heterocycles. The van der Waals surface area contributed by atoms with Gasteiger partial charge in [-0.1, -0.05) is 109 Å². The number of fused-ring (bicyclic) bond motifs is 8. The first-order valence-electron chi connectivity index (χ1n) is 14.0. The van der Waals surface area contributed by atoms with Crippen LogP contribution in [0, 0.1) is 0 Å². The fourth-order valence-corrected chi connectivity index (χ4v) is 7.39. The third-order valence-corrected chi connectivity index (χ3v) is 9.28. The summed E-state index contributed by atoms with van der Waals surface area (Å²) in [5, 5.41) is 7.30. The van der Waals surface area contributed by atoms with Gasteiger partial charge in [0, 0.05) is 42.1 Å². The van der Waals surface area contributed by atoms with Crippen molar-refractivity contribution in [1.82, 2.24) is 19.5 Å². The first-order valence-corrected chi connectivity index (χ1v) is 14.8. The number of thiophene rings is 1. The molecule has 0 radical (unpaired) electrons. The molecule has 42 heavy (non-hydrogen) atoms. The molecule has 0 aliphatic rings. The van der Waals surface area contributed by atoms with Crippen LogP contribution in [0.5, 0.6) is 0 Å². The van der Waals surface area contributed by atoms with E-state index < -0.39 is 0 Å². The summed E-state index contributed by atoms with van der Waals surface area (Å²) in [6, 6.07) is 46.6. The van der Waals surface area contributed by atoms with Gasteiger partial charge in [-0.3, -0.25) is 4.57 Å². The second-order valence-electron chi connectivity index (χ2n) is 10.5. The maximum atomic E-state index is 5.22. The average molecular weight is 555 g/mol. The van der Waals surface area contributed by atoms with Crippen LogP contribution in [0.2, 0.25) is 0 Å². The van der Waals surface area contributed by atoms with Gasteiger partial charge in [-0.05, 0) is 35.0 Å². The Balaban J connectivity index is 1.39. The van der Waals surface area contributed by atoms with Crippen molar-refractivity contribution >= 4 is 64.1 Å². The van der Waals surface area contributed by atoms with Crippen LogP contribution in [0.1, 0.15) is 0 Å². The lowest BCUT2D eigenvalue weighted by Gasteiger charge is -2.11. The predicted molar refractivity (Wildman–Crippen MR) is 175 cm³/mol. The van der Waals surface area contributed by atoms with Crippen molar-refractivity contribution in [3.8, 4) is 28.7 Å². The van der Waals surface area contributed by atoms with Crippen molar-refractivity contribution in [1.29, 1.82) is 0 Å². The molecule has 4 nitrogen and oxygen atoms in total. The molecule has 0 aliphatic carbocycles. The molecule has 0 saturated carbocycles. The van der Waals surface area contributed by atoms with Crippen LogP contribution in [0.4, 0.5) is 0 Å². The Bertz CT molecular complexity index is 2470. The topological polar surface area (TPSA) is 43.6 Å². The Morgan fingerprint density at radius 2 is 1.19 bits per heavy atom. The summed E-state index contributed by atoms with van der Waals surface area (Å²) in [5.41, 5.74) is 4.11. The highest BCUT2D eigenvalue weighted by Gasteiger charge is 2.20. The molecule has 3 heterocycles. The Morgan fingerprint density at radius 1 is 0.476 bits per heavy atom. The van der Waals surface area contributed by atoms with Crippen LogP contribution in [-0.2, 0) is 0 Å². The molecule has 9 rings (SSSR count). The molecule has 0 N–H and O–H groups in total. The molecule has 0 atom stereocenters. The van der Waals surface area contributed by atoms with Gasteiger partial charge >= 0.3 is 0 Å². The molecule has 0 unspecified atom stereocenters. The third kappa shape index (κ3) is 3.44. The first kappa shape index (κ1) is 23.3. The summed E-state index contributed by atoms with van der Waals surface area (Å²) >= 11 is 1.79. The zero-order valence-electron chi connectivity index (χ0n) is 22.4. The molecule has 0 spiro atoms. The summed E-state index contributed by atoms with van der Waals surface area (Å²) in [4.78, 5) is 15.4. The van der Waals surface area contributed by atoms with E-state index in [0.717, 1.165) is 22.2 Å². The third-order valence-electron chi connectivity index (χ3n) is 8.06. The Labute approximate surface area is 245 Å². The molecule has 196 valence electrons. The van der Waals surface area contributed by atoms with E-state index in [4.69, 9.17) is 15.0 Å². The zero-order valence-corrected chi connectivity index (χ0v) is 23.2. The van der Waals surface area contributed by atoms with E-state index in [1.54, 1.807) is 11.3 Å². The van der Waals surface area contributed by atoms with Crippen molar-refractivity contribution < 1.29 is 0 Å². The Morgan fingerprint density at radius 3 is 2.10 bits per heavy atom. The van der Waals surface area contributed by atoms with Gasteiger partial charge < -0.3 is 0 Å². The molecular weight excluding hydrogens is 533 g/mol. The number of rotatable bonds is 3. The van der Waals surface area contributed by atoms with Crippen LogP contribution < -0.4 is 0 Å². The summed E-state index contributed by atoms with van der Waals surface area (Å²) in [7, 11) is 0. The number of aromatic nitrogens is 4. The second-order valence-corrected chi connectivity index (χ2v) is 11.5. The fraction of sp³-hybridized carbons (Fsp3) is 0. The van der Waals surface area contributed by atoms with Crippen molar-refractivity contribution in [2.75, 3.05) is 0 Å². The number of nitrogens with zero attached hydrogens (tertiary/aromatic N) is 4. The van der Waals surface area contributed by atoms with Gasteiger partial charge in [0.15, 0.2) is 11.6 Å². The molecule has 5 heteroatoms. The molecule has 0 fully saturated rings. The molecule has 0 bridgehead atoms.